The topological polar surface area (TPSA) is 72.2 Å². The molecule has 0 fully saturated rings. The smallest absolute Gasteiger partial charge is 0.351 e. The Morgan fingerprint density at radius 3 is 2.37 bits per heavy atom. The molecule has 0 spiro atoms. The van der Waals surface area contributed by atoms with Gasteiger partial charge in [-0.1, -0.05) is 32.0 Å². The van der Waals surface area contributed by atoms with Crippen molar-refractivity contribution in [2.24, 2.45) is 0 Å². The Balaban J connectivity index is 2.19. The fourth-order valence-corrected chi connectivity index (χ4v) is 3.00. The zero-order valence-electron chi connectivity index (χ0n) is 14.4. The van der Waals surface area contributed by atoms with Crippen LogP contribution in [0, 0.1) is 13.7 Å². The summed E-state index contributed by atoms with van der Waals surface area (Å²) in [4.78, 5) is 22.7. The summed E-state index contributed by atoms with van der Waals surface area (Å²) in [5.41, 5.74) is -1.18. The quantitative estimate of drug-likeness (QED) is 0.366. The number of nitrogens with one attached hydrogen (secondary N) is 1. The molecular weight excluding hydrogens is 476 g/mol. The number of nitro benzene ring substituents is 1. The number of non-ortho nitro benzene ring substituents is 1. The molecule has 1 amide bonds. The molecule has 2 aromatic rings. The Morgan fingerprint density at radius 1 is 1.15 bits per heavy atom. The van der Waals surface area contributed by atoms with Gasteiger partial charge < -0.3 is 5.32 Å². The van der Waals surface area contributed by atoms with Crippen molar-refractivity contribution in [2.45, 2.75) is 25.4 Å². The zero-order chi connectivity index (χ0) is 20.4. The molecule has 144 valence electrons. The van der Waals surface area contributed by atoms with Crippen LogP contribution in [0.15, 0.2) is 42.5 Å². The average Bonchev–Trinajstić information content (AvgIpc) is 2.59. The van der Waals surface area contributed by atoms with Crippen LogP contribution in [-0.2, 0) is 11.6 Å². The molecule has 1 N–H and O–H groups in total. The van der Waals surface area contributed by atoms with Gasteiger partial charge in [0.05, 0.1) is 16.1 Å². The van der Waals surface area contributed by atoms with Crippen LogP contribution in [0.25, 0.3) is 0 Å². The van der Waals surface area contributed by atoms with E-state index in [2.05, 4.69) is 5.32 Å². The van der Waals surface area contributed by atoms with E-state index >= 15 is 0 Å². The minimum Gasteiger partial charge on any atom is -0.351 e. The number of rotatable bonds is 5. The molecule has 0 radical (unpaired) electrons. The van der Waals surface area contributed by atoms with Crippen molar-refractivity contribution in [1.82, 2.24) is 5.32 Å². The maximum atomic E-state index is 12.9. The number of benzene rings is 2. The molecule has 0 unspecified atom stereocenters. The van der Waals surface area contributed by atoms with Gasteiger partial charge in [0.2, 0.25) is 0 Å². The van der Waals surface area contributed by atoms with E-state index in [0.29, 0.717) is 9.13 Å². The molecule has 5 nitrogen and oxygen atoms in total. The van der Waals surface area contributed by atoms with Gasteiger partial charge in [-0.25, -0.2) is 0 Å². The lowest BCUT2D eigenvalue weighted by Crippen LogP contribution is -2.37. The monoisotopic (exact) mass is 492 g/mol. The van der Waals surface area contributed by atoms with Crippen molar-refractivity contribution < 1.29 is 22.9 Å². The van der Waals surface area contributed by atoms with E-state index in [4.69, 9.17) is 0 Å². The first-order valence-corrected chi connectivity index (χ1v) is 8.89. The van der Waals surface area contributed by atoms with E-state index in [9.17, 15) is 28.1 Å². The number of alkyl halides is 3. The van der Waals surface area contributed by atoms with Crippen molar-refractivity contribution in [2.75, 3.05) is 6.54 Å². The average molecular weight is 492 g/mol. The molecule has 27 heavy (non-hydrogen) atoms. The Hall–Kier alpha value is -2.17. The maximum Gasteiger partial charge on any atom is 0.416 e. The second-order valence-corrected chi connectivity index (χ2v) is 7.73. The van der Waals surface area contributed by atoms with Gasteiger partial charge in [0.25, 0.3) is 11.6 Å². The van der Waals surface area contributed by atoms with Crippen molar-refractivity contribution in [3.8, 4) is 0 Å². The predicted octanol–water partition coefficient (Wildman–Crippen LogP) is 4.93. The van der Waals surface area contributed by atoms with Gasteiger partial charge in [-0.15, -0.1) is 0 Å². The molecular formula is C18H16F3IN2O3. The standard InChI is InChI=1S/C18H16F3IN2O3/c1-17(2,11-4-3-5-12(8-11)18(19,20)21)10-23-16(25)14-9-13(24(26)27)6-7-15(14)22/h3-9H,10H2,1-2H3,(H,23,25). The van der Waals surface area contributed by atoms with E-state index in [-0.39, 0.29) is 17.8 Å². The van der Waals surface area contributed by atoms with Gasteiger partial charge in [0, 0.05) is 27.7 Å². The summed E-state index contributed by atoms with van der Waals surface area (Å²) >= 11 is 1.89. The zero-order valence-corrected chi connectivity index (χ0v) is 16.6. The van der Waals surface area contributed by atoms with Crippen LogP contribution in [0.2, 0.25) is 0 Å². The SMILES string of the molecule is CC(C)(CNC(=O)c1cc([N+](=O)[O-])ccc1I)c1cccc(C(F)(F)F)c1. The number of nitrogens with zero attached hydrogens (tertiary/aromatic N) is 1. The molecule has 2 rings (SSSR count). The number of amides is 1. The first kappa shape index (κ1) is 21.1. The number of hydrogen-bond donors (Lipinski definition) is 1. The van der Waals surface area contributed by atoms with Crippen LogP contribution in [0.1, 0.15) is 35.3 Å². The Bertz CT molecular complexity index is 882. The largest absolute Gasteiger partial charge is 0.416 e. The van der Waals surface area contributed by atoms with Crippen LogP contribution in [-0.4, -0.2) is 17.4 Å². The number of carbonyl (C=O) groups excluding carboxylic acids is 1. The fourth-order valence-electron chi connectivity index (χ4n) is 2.42. The molecule has 0 bridgehead atoms. The van der Waals surface area contributed by atoms with Crippen molar-refractivity contribution >= 4 is 34.2 Å². The van der Waals surface area contributed by atoms with Gasteiger partial charge in [0.15, 0.2) is 0 Å². The lowest BCUT2D eigenvalue weighted by Gasteiger charge is -2.26. The minimum atomic E-state index is -4.45. The summed E-state index contributed by atoms with van der Waals surface area (Å²) in [5, 5.41) is 13.5. The minimum absolute atomic E-state index is 0.0614. The second kappa shape index (κ2) is 7.83. The normalized spacial score (nSPS) is 11.9. The van der Waals surface area contributed by atoms with E-state index in [0.717, 1.165) is 12.1 Å². The molecule has 0 saturated carbocycles. The lowest BCUT2D eigenvalue weighted by molar-refractivity contribution is -0.384. The summed E-state index contributed by atoms with van der Waals surface area (Å²) in [5.74, 6) is -0.525. The summed E-state index contributed by atoms with van der Waals surface area (Å²) in [7, 11) is 0. The Kier molecular flexibility index (Phi) is 6.13. The maximum absolute atomic E-state index is 12.9. The highest BCUT2D eigenvalue weighted by molar-refractivity contribution is 14.1. The van der Waals surface area contributed by atoms with Crippen LogP contribution < -0.4 is 5.32 Å². The third-order valence-corrected chi connectivity index (χ3v) is 5.01. The second-order valence-electron chi connectivity index (χ2n) is 6.57. The van der Waals surface area contributed by atoms with E-state index < -0.39 is 28.0 Å². The molecule has 0 aliphatic heterocycles. The summed E-state index contributed by atoms with van der Waals surface area (Å²) < 4.78 is 39.3. The molecule has 2 aromatic carbocycles. The highest BCUT2D eigenvalue weighted by atomic mass is 127. The molecule has 0 heterocycles. The van der Waals surface area contributed by atoms with Crippen molar-refractivity contribution in [3.05, 3.63) is 72.8 Å². The van der Waals surface area contributed by atoms with Gasteiger partial charge >= 0.3 is 6.18 Å². The Labute approximate surface area is 167 Å². The fraction of sp³-hybridized carbons (Fsp3) is 0.278. The van der Waals surface area contributed by atoms with Gasteiger partial charge in [-0.3, -0.25) is 14.9 Å². The number of halogens is 4. The van der Waals surface area contributed by atoms with Crippen LogP contribution in [0.4, 0.5) is 18.9 Å². The lowest BCUT2D eigenvalue weighted by atomic mass is 9.83. The molecule has 0 aliphatic carbocycles. The summed E-state index contributed by atoms with van der Waals surface area (Å²) in [6, 6.07) is 8.88. The first-order chi connectivity index (χ1) is 12.4. The van der Waals surface area contributed by atoms with E-state index in [1.807, 2.05) is 22.6 Å². The highest BCUT2D eigenvalue weighted by Gasteiger charge is 2.32. The summed E-state index contributed by atoms with van der Waals surface area (Å²) in [6.07, 6.45) is -4.45. The summed E-state index contributed by atoms with van der Waals surface area (Å²) in [6.45, 7) is 3.48. The van der Waals surface area contributed by atoms with Gasteiger partial charge in [-0.05, 0) is 40.3 Å². The van der Waals surface area contributed by atoms with Crippen molar-refractivity contribution in [1.29, 1.82) is 0 Å². The number of carbonyl (C=O) groups is 1. The number of nitro groups is 1. The highest BCUT2D eigenvalue weighted by Crippen LogP contribution is 2.32. The van der Waals surface area contributed by atoms with E-state index in [1.54, 1.807) is 19.9 Å². The molecule has 0 aromatic heterocycles. The van der Waals surface area contributed by atoms with Crippen molar-refractivity contribution in [3.63, 3.8) is 0 Å². The third-order valence-electron chi connectivity index (χ3n) is 4.07. The molecule has 0 atom stereocenters. The van der Waals surface area contributed by atoms with Crippen LogP contribution >= 0.6 is 22.6 Å². The molecule has 0 aliphatic rings. The molecule has 0 saturated heterocycles. The van der Waals surface area contributed by atoms with Crippen LogP contribution in [0.3, 0.4) is 0 Å². The number of hydrogen-bond acceptors (Lipinski definition) is 3. The van der Waals surface area contributed by atoms with E-state index in [1.165, 1.54) is 24.3 Å². The molecule has 9 heteroatoms. The first-order valence-electron chi connectivity index (χ1n) is 7.82. The van der Waals surface area contributed by atoms with Crippen LogP contribution in [0.5, 0.6) is 0 Å². The van der Waals surface area contributed by atoms with Gasteiger partial charge in [-0.2, -0.15) is 13.2 Å². The third kappa shape index (κ3) is 5.18. The van der Waals surface area contributed by atoms with Gasteiger partial charge in [0.1, 0.15) is 0 Å². The predicted molar refractivity (Wildman–Crippen MR) is 103 cm³/mol. The Morgan fingerprint density at radius 2 is 1.78 bits per heavy atom.